The van der Waals surface area contributed by atoms with Gasteiger partial charge in [0, 0.05) is 18.4 Å². The van der Waals surface area contributed by atoms with E-state index in [1.807, 2.05) is 6.07 Å². The number of benzene rings is 1. The molecule has 0 radical (unpaired) electrons. The Balaban J connectivity index is 1.62. The van der Waals surface area contributed by atoms with Crippen molar-refractivity contribution in [3.63, 3.8) is 0 Å². The normalized spacial score (nSPS) is 19.3. The van der Waals surface area contributed by atoms with Gasteiger partial charge >= 0.3 is 5.97 Å². The molecule has 0 saturated heterocycles. The van der Waals surface area contributed by atoms with Gasteiger partial charge in [0.25, 0.3) is 5.88 Å². The first-order valence-electron chi connectivity index (χ1n) is 8.73. The average Bonchev–Trinajstić information content (AvgIpc) is 2.69. The number of halogens is 1. The lowest BCUT2D eigenvalue weighted by Crippen LogP contribution is -2.39. The number of hydrogen-bond acceptors (Lipinski definition) is 7. The van der Waals surface area contributed by atoms with E-state index >= 15 is 0 Å². The van der Waals surface area contributed by atoms with Crippen molar-refractivity contribution >= 4 is 16.0 Å². The lowest BCUT2D eigenvalue weighted by atomic mass is 9.94. The van der Waals surface area contributed by atoms with E-state index in [4.69, 9.17) is 15.1 Å². The number of carboxylic acid groups (broad SMARTS) is 1. The largest absolute Gasteiger partial charge is 0.478 e. The second-order valence-electron chi connectivity index (χ2n) is 6.48. The van der Waals surface area contributed by atoms with Gasteiger partial charge in [-0.1, -0.05) is 0 Å². The predicted molar refractivity (Wildman–Crippen MR) is 97.1 cm³/mol. The van der Waals surface area contributed by atoms with Crippen LogP contribution in [0.25, 0.3) is 0 Å². The Morgan fingerprint density at radius 1 is 1.24 bits per heavy atom. The second kappa shape index (κ2) is 8.50. The molecular weight excluding hydrogens is 403 g/mol. The number of rotatable bonds is 6. The highest BCUT2D eigenvalue weighted by Gasteiger charge is 2.28. The monoisotopic (exact) mass is 420 g/mol. The van der Waals surface area contributed by atoms with E-state index in [0.717, 1.165) is 18.2 Å². The number of hydrogen-bond donors (Lipinski definition) is 2. The molecule has 1 saturated carbocycles. The molecule has 29 heavy (non-hydrogen) atoms. The van der Waals surface area contributed by atoms with Crippen molar-refractivity contribution in [3.8, 4) is 11.9 Å². The van der Waals surface area contributed by atoms with Gasteiger partial charge < -0.3 is 9.84 Å². The van der Waals surface area contributed by atoms with Crippen LogP contribution in [0.4, 0.5) is 4.39 Å². The van der Waals surface area contributed by atoms with Crippen molar-refractivity contribution in [1.29, 1.82) is 5.26 Å². The third-order valence-electron chi connectivity index (χ3n) is 4.52. The first-order chi connectivity index (χ1) is 13.8. The van der Waals surface area contributed by atoms with E-state index < -0.39 is 27.4 Å². The van der Waals surface area contributed by atoms with Crippen LogP contribution in [0.1, 0.15) is 41.7 Å². The molecule has 152 valence electrons. The molecule has 0 amide bonds. The maximum Gasteiger partial charge on any atom is 0.338 e. The van der Waals surface area contributed by atoms with Gasteiger partial charge in [-0.15, -0.1) is 0 Å². The van der Waals surface area contributed by atoms with Crippen LogP contribution in [0.2, 0.25) is 0 Å². The molecule has 1 aromatic heterocycles. The minimum absolute atomic E-state index is 0.0841. The number of carbonyl (C=O) groups is 1. The van der Waals surface area contributed by atoms with E-state index in [1.54, 1.807) is 0 Å². The van der Waals surface area contributed by atoms with Crippen molar-refractivity contribution in [2.75, 3.05) is 0 Å². The second-order valence-corrected chi connectivity index (χ2v) is 8.20. The fourth-order valence-corrected chi connectivity index (χ4v) is 4.40. The molecule has 3 rings (SSSR count). The Morgan fingerprint density at radius 2 is 1.93 bits per heavy atom. The van der Waals surface area contributed by atoms with Crippen LogP contribution in [-0.4, -0.2) is 41.6 Å². The van der Waals surface area contributed by atoms with Crippen molar-refractivity contribution in [1.82, 2.24) is 14.7 Å². The molecule has 0 bridgehead atoms. The van der Waals surface area contributed by atoms with Crippen LogP contribution >= 0.6 is 0 Å². The molecule has 1 fully saturated rings. The van der Waals surface area contributed by atoms with Crippen LogP contribution in [0.15, 0.2) is 35.5 Å². The minimum Gasteiger partial charge on any atom is -0.478 e. The predicted octanol–water partition coefficient (Wildman–Crippen LogP) is 1.85. The fourth-order valence-electron chi connectivity index (χ4n) is 3.07. The number of carboxylic acids is 1. The zero-order valence-electron chi connectivity index (χ0n) is 15.1. The van der Waals surface area contributed by atoms with Gasteiger partial charge in [0.15, 0.2) is 0 Å². The highest BCUT2D eigenvalue weighted by atomic mass is 32.2. The van der Waals surface area contributed by atoms with Gasteiger partial charge in [-0.3, -0.25) is 0 Å². The number of nitrogens with zero attached hydrogens (tertiary/aromatic N) is 3. The quantitative estimate of drug-likeness (QED) is 0.721. The zero-order valence-corrected chi connectivity index (χ0v) is 15.9. The summed E-state index contributed by atoms with van der Waals surface area (Å²) in [6, 6.07) is 4.16. The van der Waals surface area contributed by atoms with E-state index in [9.17, 15) is 17.6 Å². The summed E-state index contributed by atoms with van der Waals surface area (Å²) in [4.78, 5) is 18.6. The number of nitrogens with one attached hydrogen (secondary N) is 1. The molecular formula is C18H17FN4O5S. The topological polar surface area (TPSA) is 142 Å². The summed E-state index contributed by atoms with van der Waals surface area (Å²) in [6.45, 7) is 0. The molecule has 9 nitrogen and oxygen atoms in total. The number of ether oxygens (including phenoxy) is 1. The first-order valence-corrected chi connectivity index (χ1v) is 10.2. The third-order valence-corrected chi connectivity index (χ3v) is 6.04. The molecule has 1 aliphatic rings. The van der Waals surface area contributed by atoms with Gasteiger partial charge in [0.2, 0.25) is 15.7 Å². The Bertz CT molecular complexity index is 1060. The molecule has 1 heterocycles. The lowest BCUT2D eigenvalue weighted by molar-refractivity contribution is 0.0691. The van der Waals surface area contributed by atoms with Crippen LogP contribution in [0, 0.1) is 17.1 Å². The molecule has 0 spiro atoms. The van der Waals surface area contributed by atoms with E-state index in [-0.39, 0.29) is 28.6 Å². The van der Waals surface area contributed by atoms with E-state index in [0.29, 0.717) is 25.7 Å². The van der Waals surface area contributed by atoms with Gasteiger partial charge in [0.1, 0.15) is 18.0 Å². The molecule has 0 aliphatic heterocycles. The van der Waals surface area contributed by atoms with Crippen LogP contribution in [-0.2, 0) is 10.0 Å². The Hall–Kier alpha value is -3.10. The Labute approximate surface area is 166 Å². The van der Waals surface area contributed by atoms with Crippen molar-refractivity contribution in [3.05, 3.63) is 47.7 Å². The smallest absolute Gasteiger partial charge is 0.338 e. The first kappa shape index (κ1) is 20.6. The molecule has 1 aliphatic carbocycles. The SMILES string of the molecule is N#Cc1nccnc1OC1CCC(NS(=O)(=O)c2ccc(F)c(C(=O)O)c2)CC1. The highest BCUT2D eigenvalue weighted by Crippen LogP contribution is 2.25. The maximum atomic E-state index is 13.5. The molecule has 2 aromatic rings. The van der Waals surface area contributed by atoms with Gasteiger partial charge in [-0.25, -0.2) is 32.3 Å². The molecule has 2 N–H and O–H groups in total. The highest BCUT2D eigenvalue weighted by molar-refractivity contribution is 7.89. The van der Waals surface area contributed by atoms with Crippen LogP contribution < -0.4 is 9.46 Å². The Kier molecular flexibility index (Phi) is 6.05. The molecule has 1 aromatic carbocycles. The van der Waals surface area contributed by atoms with E-state index in [1.165, 1.54) is 12.4 Å². The molecule has 0 atom stereocenters. The summed E-state index contributed by atoms with van der Waals surface area (Å²) in [6.07, 6.45) is 4.57. The summed E-state index contributed by atoms with van der Waals surface area (Å²) in [5.74, 6) is -2.40. The summed E-state index contributed by atoms with van der Waals surface area (Å²) < 4.78 is 46.8. The van der Waals surface area contributed by atoms with Crippen molar-refractivity contribution in [2.45, 2.75) is 42.7 Å². The maximum absolute atomic E-state index is 13.5. The van der Waals surface area contributed by atoms with Gasteiger partial charge in [0.05, 0.1) is 10.5 Å². The number of nitriles is 1. The molecule has 11 heteroatoms. The van der Waals surface area contributed by atoms with Crippen LogP contribution in [0.3, 0.4) is 0 Å². The third kappa shape index (κ3) is 4.85. The lowest BCUT2D eigenvalue weighted by Gasteiger charge is -2.29. The number of sulfonamides is 1. The standard InChI is InChI=1S/C18H17FN4O5S/c19-15-6-5-13(9-14(15)18(24)25)29(26,27)23-11-1-3-12(4-2-11)28-17-16(10-20)21-7-8-22-17/h5-9,11-12,23H,1-4H2,(H,24,25). The average molecular weight is 420 g/mol. The summed E-state index contributed by atoms with van der Waals surface area (Å²) in [7, 11) is -4.01. The fraction of sp³-hybridized carbons (Fsp3) is 0.333. The molecule has 0 unspecified atom stereocenters. The number of aromatic nitrogens is 2. The van der Waals surface area contributed by atoms with Crippen LogP contribution in [0.5, 0.6) is 5.88 Å². The van der Waals surface area contributed by atoms with E-state index in [2.05, 4.69) is 14.7 Å². The summed E-state index contributed by atoms with van der Waals surface area (Å²) in [5.41, 5.74) is -0.622. The zero-order chi connectivity index (χ0) is 21.0. The van der Waals surface area contributed by atoms with Crippen molar-refractivity contribution < 1.29 is 27.4 Å². The minimum atomic E-state index is -4.01. The number of aromatic carboxylic acids is 1. The van der Waals surface area contributed by atoms with Gasteiger partial charge in [-0.05, 0) is 43.9 Å². The summed E-state index contributed by atoms with van der Waals surface area (Å²) >= 11 is 0. The van der Waals surface area contributed by atoms with Crippen molar-refractivity contribution in [2.24, 2.45) is 0 Å². The summed E-state index contributed by atoms with van der Waals surface area (Å²) in [5, 5.41) is 18.0. The Morgan fingerprint density at radius 3 is 2.59 bits per heavy atom. The van der Waals surface area contributed by atoms with Gasteiger partial charge in [-0.2, -0.15) is 5.26 Å².